The molecule has 108 valence electrons. The van der Waals surface area contributed by atoms with E-state index in [2.05, 4.69) is 36.1 Å². The van der Waals surface area contributed by atoms with Gasteiger partial charge in [-0.1, -0.05) is 6.92 Å². The lowest BCUT2D eigenvalue weighted by Gasteiger charge is -2.26. The lowest BCUT2D eigenvalue weighted by molar-refractivity contribution is -0.00928. The van der Waals surface area contributed by atoms with Gasteiger partial charge in [0.05, 0.1) is 0 Å². The van der Waals surface area contributed by atoms with Crippen LogP contribution in [0.1, 0.15) is 49.5 Å². The molecule has 0 spiro atoms. The van der Waals surface area contributed by atoms with Gasteiger partial charge in [-0.05, 0) is 59.2 Å². The molecule has 1 rings (SSSR count). The van der Waals surface area contributed by atoms with E-state index in [0.717, 1.165) is 43.0 Å². The second kappa shape index (κ2) is 6.96. The molecule has 0 aromatic carbocycles. The molecule has 0 saturated carbocycles. The third-order valence-electron chi connectivity index (χ3n) is 3.87. The molecule has 0 saturated heterocycles. The summed E-state index contributed by atoms with van der Waals surface area (Å²) in [6.45, 7) is 9.29. The van der Waals surface area contributed by atoms with Crippen molar-refractivity contribution >= 4 is 0 Å². The molecule has 19 heavy (non-hydrogen) atoms. The van der Waals surface area contributed by atoms with E-state index in [1.54, 1.807) is 7.11 Å². The second-order valence-electron chi connectivity index (χ2n) is 5.19. The fourth-order valence-electron chi connectivity index (χ4n) is 2.17. The molecule has 0 aliphatic carbocycles. The molecule has 0 bridgehead atoms. The normalized spacial score (nSPS) is 14.4. The highest BCUT2D eigenvalue weighted by atomic mass is 16.5. The number of aryl methyl sites for hydroxylation is 2. The van der Waals surface area contributed by atoms with Gasteiger partial charge >= 0.3 is 0 Å². The van der Waals surface area contributed by atoms with Crippen LogP contribution in [0, 0.1) is 13.8 Å². The Morgan fingerprint density at radius 2 is 1.79 bits per heavy atom. The average Bonchev–Trinajstić information content (AvgIpc) is 2.40. The van der Waals surface area contributed by atoms with Crippen LogP contribution in [0.3, 0.4) is 0 Å². The predicted molar refractivity (Wildman–Crippen MR) is 78.4 cm³/mol. The minimum Gasteiger partial charge on any atom is -0.371 e. The lowest BCUT2D eigenvalue weighted by Crippen LogP contribution is -2.27. The van der Waals surface area contributed by atoms with Gasteiger partial charge < -0.3 is 10.1 Å². The number of methoxy groups -OCH3 is 1. The van der Waals surface area contributed by atoms with Crippen molar-refractivity contribution in [2.45, 2.75) is 52.6 Å². The van der Waals surface area contributed by atoms with Crippen molar-refractivity contribution in [2.75, 3.05) is 20.7 Å². The second-order valence-corrected chi connectivity index (χ2v) is 5.19. The Bertz CT molecular complexity index is 391. The van der Waals surface area contributed by atoms with Crippen molar-refractivity contribution in [1.29, 1.82) is 0 Å². The van der Waals surface area contributed by atoms with Crippen LogP contribution in [0.5, 0.6) is 0 Å². The Morgan fingerprint density at radius 3 is 2.21 bits per heavy atom. The van der Waals surface area contributed by atoms with Gasteiger partial charge in [0, 0.05) is 18.5 Å². The molecule has 1 heterocycles. The first-order valence-corrected chi connectivity index (χ1v) is 7.02. The summed E-state index contributed by atoms with van der Waals surface area (Å²) >= 11 is 0. The summed E-state index contributed by atoms with van der Waals surface area (Å²) in [7, 11) is 3.70. The van der Waals surface area contributed by atoms with Crippen LogP contribution < -0.4 is 5.32 Å². The van der Waals surface area contributed by atoms with Crippen molar-refractivity contribution < 1.29 is 4.74 Å². The van der Waals surface area contributed by atoms with Crippen LogP contribution in [0.4, 0.5) is 0 Å². The summed E-state index contributed by atoms with van der Waals surface area (Å²) in [5.74, 6) is 0.796. The minimum absolute atomic E-state index is 0.390. The quantitative estimate of drug-likeness (QED) is 0.770. The zero-order valence-corrected chi connectivity index (χ0v) is 13.1. The van der Waals surface area contributed by atoms with E-state index in [0.29, 0.717) is 0 Å². The first-order valence-electron chi connectivity index (χ1n) is 7.02. The topological polar surface area (TPSA) is 47.0 Å². The summed E-state index contributed by atoms with van der Waals surface area (Å²) in [4.78, 5) is 9.34. The number of aromatic nitrogens is 2. The highest BCUT2D eigenvalue weighted by Crippen LogP contribution is 2.26. The molecule has 1 atom stereocenters. The van der Waals surface area contributed by atoms with E-state index in [9.17, 15) is 0 Å². The number of nitrogens with zero attached hydrogens (tertiary/aromatic N) is 2. The average molecular weight is 265 g/mol. The Hall–Kier alpha value is -1.00. The van der Waals surface area contributed by atoms with Gasteiger partial charge in [-0.15, -0.1) is 0 Å². The van der Waals surface area contributed by atoms with Crippen molar-refractivity contribution in [3.63, 3.8) is 0 Å². The maximum atomic E-state index is 5.59. The molecule has 4 heteroatoms. The first-order chi connectivity index (χ1) is 8.98. The molecule has 1 aromatic rings. The maximum Gasteiger partial charge on any atom is 0.160 e. The molecule has 0 aliphatic heterocycles. The number of nitrogens with one attached hydrogen (secondary N) is 1. The van der Waals surface area contributed by atoms with Gasteiger partial charge in [-0.3, -0.25) is 0 Å². The Kier molecular flexibility index (Phi) is 5.88. The monoisotopic (exact) mass is 265 g/mol. The molecule has 0 aliphatic rings. The summed E-state index contributed by atoms with van der Waals surface area (Å²) in [5.41, 5.74) is 3.04. The van der Waals surface area contributed by atoms with Gasteiger partial charge in [0.2, 0.25) is 0 Å². The van der Waals surface area contributed by atoms with Crippen LogP contribution in [-0.2, 0) is 16.8 Å². The summed E-state index contributed by atoms with van der Waals surface area (Å²) in [6.07, 6.45) is 2.99. The number of hydrogen-bond donors (Lipinski definition) is 1. The Balaban J connectivity index is 3.02. The Labute approximate surface area is 117 Å². The van der Waals surface area contributed by atoms with Crippen molar-refractivity contribution in [3.05, 3.63) is 22.8 Å². The molecule has 0 amide bonds. The summed E-state index contributed by atoms with van der Waals surface area (Å²) in [6, 6.07) is 0. The van der Waals surface area contributed by atoms with E-state index in [1.165, 1.54) is 5.56 Å². The van der Waals surface area contributed by atoms with E-state index in [4.69, 9.17) is 4.74 Å². The molecule has 4 nitrogen and oxygen atoms in total. The number of ether oxygens (including phenoxy) is 1. The SMILES string of the molecule is CCC(C)(OC)c1nc(C)c(CCCNC)c(C)n1. The molecular weight excluding hydrogens is 238 g/mol. The maximum absolute atomic E-state index is 5.59. The molecule has 1 aromatic heterocycles. The molecule has 1 unspecified atom stereocenters. The van der Waals surface area contributed by atoms with Crippen LogP contribution in [0.15, 0.2) is 0 Å². The highest BCUT2D eigenvalue weighted by molar-refractivity contribution is 5.25. The number of rotatable bonds is 7. The van der Waals surface area contributed by atoms with Crippen molar-refractivity contribution in [1.82, 2.24) is 15.3 Å². The molecular formula is C15H27N3O. The van der Waals surface area contributed by atoms with E-state index >= 15 is 0 Å². The van der Waals surface area contributed by atoms with Gasteiger partial charge in [-0.25, -0.2) is 9.97 Å². The fraction of sp³-hybridized carbons (Fsp3) is 0.733. The van der Waals surface area contributed by atoms with Crippen molar-refractivity contribution in [3.8, 4) is 0 Å². The zero-order chi connectivity index (χ0) is 14.5. The third-order valence-corrected chi connectivity index (χ3v) is 3.87. The lowest BCUT2D eigenvalue weighted by atomic mass is 10.00. The van der Waals surface area contributed by atoms with Gasteiger partial charge in [-0.2, -0.15) is 0 Å². The summed E-state index contributed by atoms with van der Waals surface area (Å²) in [5, 5.41) is 3.17. The van der Waals surface area contributed by atoms with Crippen LogP contribution in [0.25, 0.3) is 0 Å². The first kappa shape index (κ1) is 16.1. The van der Waals surface area contributed by atoms with Crippen LogP contribution >= 0.6 is 0 Å². The fourth-order valence-corrected chi connectivity index (χ4v) is 2.17. The molecule has 0 radical (unpaired) electrons. The third kappa shape index (κ3) is 3.74. The van der Waals surface area contributed by atoms with E-state index in [1.807, 2.05) is 14.0 Å². The van der Waals surface area contributed by atoms with Gasteiger partial charge in [0.25, 0.3) is 0 Å². The van der Waals surface area contributed by atoms with Crippen LogP contribution in [-0.4, -0.2) is 30.7 Å². The Morgan fingerprint density at radius 1 is 1.21 bits per heavy atom. The minimum atomic E-state index is -0.390. The van der Waals surface area contributed by atoms with Gasteiger partial charge in [0.15, 0.2) is 5.82 Å². The molecule has 0 fully saturated rings. The van der Waals surface area contributed by atoms with E-state index < -0.39 is 0 Å². The summed E-state index contributed by atoms with van der Waals surface area (Å²) < 4.78 is 5.59. The highest BCUT2D eigenvalue weighted by Gasteiger charge is 2.28. The predicted octanol–water partition coefficient (Wildman–Crippen LogP) is 2.52. The smallest absolute Gasteiger partial charge is 0.160 e. The van der Waals surface area contributed by atoms with E-state index in [-0.39, 0.29) is 5.60 Å². The van der Waals surface area contributed by atoms with Crippen LogP contribution in [0.2, 0.25) is 0 Å². The largest absolute Gasteiger partial charge is 0.371 e. The zero-order valence-electron chi connectivity index (χ0n) is 13.1. The standard InChI is InChI=1S/C15H27N3O/c1-7-15(4,19-6)14-17-11(2)13(12(3)18-14)9-8-10-16-5/h16H,7-10H2,1-6H3. The molecule has 1 N–H and O–H groups in total. The van der Waals surface area contributed by atoms with Crippen molar-refractivity contribution in [2.24, 2.45) is 0 Å². The van der Waals surface area contributed by atoms with Gasteiger partial charge in [0.1, 0.15) is 5.60 Å². The number of hydrogen-bond acceptors (Lipinski definition) is 4.